The Kier molecular flexibility index (Phi) is 5.11. The van der Waals surface area contributed by atoms with Crippen LogP contribution in [-0.2, 0) is 0 Å². The van der Waals surface area contributed by atoms with Crippen molar-refractivity contribution < 1.29 is 4.74 Å². The molecule has 0 bridgehead atoms. The molecule has 0 heterocycles. The van der Waals surface area contributed by atoms with Gasteiger partial charge in [-0.3, -0.25) is 0 Å². The van der Waals surface area contributed by atoms with Gasteiger partial charge >= 0.3 is 0 Å². The molecule has 1 unspecified atom stereocenters. The van der Waals surface area contributed by atoms with Gasteiger partial charge in [-0.15, -0.1) is 0 Å². The maximum absolute atomic E-state index is 6.05. The molecule has 0 spiro atoms. The molecule has 0 aliphatic rings. The minimum absolute atomic E-state index is 0.286. The highest BCUT2D eigenvalue weighted by Crippen LogP contribution is 2.33. The smallest absolute Gasteiger partial charge is 0.131 e. The molecule has 2 aromatic carbocycles. The Morgan fingerprint density at radius 1 is 1.21 bits per heavy atom. The molecule has 0 fully saturated rings. The standard InChI is InChI=1S/C16H21NOS/c1-12(17-2)14-9-8-13-6-4-5-7-15(13)16(14)18-10-11-19-3/h4-9,12,17H,10-11H2,1-3H3. The van der Waals surface area contributed by atoms with Gasteiger partial charge in [-0.25, -0.2) is 0 Å². The Balaban J connectivity index is 2.45. The van der Waals surface area contributed by atoms with Crippen molar-refractivity contribution in [2.24, 2.45) is 0 Å². The third-order valence-electron chi connectivity index (χ3n) is 3.34. The number of ether oxygens (including phenoxy) is 1. The summed E-state index contributed by atoms with van der Waals surface area (Å²) in [6.45, 7) is 2.91. The van der Waals surface area contributed by atoms with Crippen LogP contribution >= 0.6 is 11.8 Å². The molecule has 2 aromatic rings. The lowest BCUT2D eigenvalue weighted by atomic mass is 10.0. The molecular weight excluding hydrogens is 254 g/mol. The number of benzene rings is 2. The van der Waals surface area contributed by atoms with Crippen molar-refractivity contribution in [2.45, 2.75) is 13.0 Å². The molecule has 0 saturated carbocycles. The van der Waals surface area contributed by atoms with Gasteiger partial charge in [0.1, 0.15) is 5.75 Å². The molecule has 1 atom stereocenters. The van der Waals surface area contributed by atoms with Gasteiger partial charge in [-0.05, 0) is 25.6 Å². The van der Waals surface area contributed by atoms with E-state index < -0.39 is 0 Å². The number of hydrogen-bond donors (Lipinski definition) is 1. The number of thioether (sulfide) groups is 1. The van der Waals surface area contributed by atoms with Crippen molar-refractivity contribution in [3.63, 3.8) is 0 Å². The van der Waals surface area contributed by atoms with Crippen LogP contribution in [0.15, 0.2) is 36.4 Å². The lowest BCUT2D eigenvalue weighted by Gasteiger charge is -2.18. The van der Waals surface area contributed by atoms with Crippen LogP contribution in [0.1, 0.15) is 18.5 Å². The van der Waals surface area contributed by atoms with E-state index in [1.807, 2.05) is 7.05 Å². The Bertz CT molecular complexity index is 541. The first-order valence-corrected chi connectivity index (χ1v) is 7.98. The highest BCUT2D eigenvalue weighted by molar-refractivity contribution is 7.98. The van der Waals surface area contributed by atoms with Crippen molar-refractivity contribution in [3.8, 4) is 5.75 Å². The maximum atomic E-state index is 6.05. The summed E-state index contributed by atoms with van der Waals surface area (Å²) in [5.74, 6) is 2.03. The van der Waals surface area contributed by atoms with E-state index in [1.54, 1.807) is 11.8 Å². The van der Waals surface area contributed by atoms with E-state index in [0.29, 0.717) is 0 Å². The third kappa shape index (κ3) is 3.23. The van der Waals surface area contributed by atoms with Gasteiger partial charge in [0.2, 0.25) is 0 Å². The van der Waals surface area contributed by atoms with E-state index in [9.17, 15) is 0 Å². The summed E-state index contributed by atoms with van der Waals surface area (Å²) in [4.78, 5) is 0. The maximum Gasteiger partial charge on any atom is 0.131 e. The molecule has 19 heavy (non-hydrogen) atoms. The molecule has 0 radical (unpaired) electrons. The lowest BCUT2D eigenvalue weighted by Crippen LogP contribution is -2.14. The minimum atomic E-state index is 0.286. The van der Waals surface area contributed by atoms with Crippen LogP contribution in [0.4, 0.5) is 0 Å². The molecule has 0 aliphatic carbocycles. The molecule has 0 amide bonds. The largest absolute Gasteiger partial charge is 0.492 e. The number of rotatable bonds is 6. The van der Waals surface area contributed by atoms with Gasteiger partial charge in [0.15, 0.2) is 0 Å². The first-order chi connectivity index (χ1) is 9.27. The van der Waals surface area contributed by atoms with Gasteiger partial charge in [0.05, 0.1) is 6.61 Å². The molecular formula is C16H21NOS. The molecule has 0 aliphatic heterocycles. The predicted molar refractivity (Wildman–Crippen MR) is 85.3 cm³/mol. The van der Waals surface area contributed by atoms with E-state index in [1.165, 1.54) is 16.3 Å². The van der Waals surface area contributed by atoms with Crippen LogP contribution in [0.3, 0.4) is 0 Å². The molecule has 0 aromatic heterocycles. The monoisotopic (exact) mass is 275 g/mol. The summed E-state index contributed by atoms with van der Waals surface area (Å²) in [6.07, 6.45) is 2.10. The molecule has 2 rings (SSSR count). The molecule has 2 nitrogen and oxygen atoms in total. The second kappa shape index (κ2) is 6.83. The fourth-order valence-electron chi connectivity index (χ4n) is 2.14. The van der Waals surface area contributed by atoms with Crippen LogP contribution in [0.2, 0.25) is 0 Å². The summed E-state index contributed by atoms with van der Waals surface area (Å²) in [6, 6.07) is 13.0. The summed E-state index contributed by atoms with van der Waals surface area (Å²) >= 11 is 1.81. The molecule has 102 valence electrons. The van der Waals surface area contributed by atoms with E-state index in [0.717, 1.165) is 18.1 Å². The normalized spacial score (nSPS) is 12.6. The zero-order chi connectivity index (χ0) is 13.7. The van der Waals surface area contributed by atoms with Gasteiger partial charge < -0.3 is 10.1 Å². The zero-order valence-electron chi connectivity index (χ0n) is 11.8. The SMILES string of the molecule is CNC(C)c1ccc2ccccc2c1OCCSC. The molecule has 1 N–H and O–H groups in total. The molecule has 0 saturated heterocycles. The minimum Gasteiger partial charge on any atom is -0.492 e. The summed E-state index contributed by atoms with van der Waals surface area (Å²) in [5, 5.41) is 5.72. The summed E-state index contributed by atoms with van der Waals surface area (Å²) in [7, 11) is 1.98. The van der Waals surface area contributed by atoms with Crippen LogP contribution in [0.25, 0.3) is 10.8 Å². The second-order valence-electron chi connectivity index (χ2n) is 4.56. The van der Waals surface area contributed by atoms with Crippen LogP contribution < -0.4 is 10.1 Å². The average Bonchev–Trinajstić information content (AvgIpc) is 2.46. The summed E-state index contributed by atoms with van der Waals surface area (Å²) < 4.78 is 6.05. The molecule has 3 heteroatoms. The van der Waals surface area contributed by atoms with Crippen LogP contribution in [-0.4, -0.2) is 25.7 Å². The Hall–Kier alpha value is -1.19. The van der Waals surface area contributed by atoms with Gasteiger partial charge in [0.25, 0.3) is 0 Å². The van der Waals surface area contributed by atoms with Gasteiger partial charge in [0, 0.05) is 22.7 Å². The topological polar surface area (TPSA) is 21.3 Å². The van der Waals surface area contributed by atoms with Crippen molar-refractivity contribution in [2.75, 3.05) is 25.7 Å². The van der Waals surface area contributed by atoms with E-state index in [2.05, 4.69) is 54.9 Å². The Morgan fingerprint density at radius 2 is 2.00 bits per heavy atom. The van der Waals surface area contributed by atoms with Crippen molar-refractivity contribution in [1.82, 2.24) is 5.32 Å². The Labute approximate surface area is 119 Å². The van der Waals surface area contributed by atoms with E-state index in [-0.39, 0.29) is 6.04 Å². The fraction of sp³-hybridized carbons (Fsp3) is 0.375. The predicted octanol–water partition coefficient (Wildman–Crippen LogP) is 3.86. The quantitative estimate of drug-likeness (QED) is 0.809. The Morgan fingerprint density at radius 3 is 2.74 bits per heavy atom. The highest BCUT2D eigenvalue weighted by Gasteiger charge is 2.13. The zero-order valence-corrected chi connectivity index (χ0v) is 12.6. The third-order valence-corrected chi connectivity index (χ3v) is 3.92. The number of nitrogens with one attached hydrogen (secondary N) is 1. The van der Waals surface area contributed by atoms with E-state index in [4.69, 9.17) is 4.74 Å². The first kappa shape index (κ1) is 14.2. The second-order valence-corrected chi connectivity index (χ2v) is 5.54. The lowest BCUT2D eigenvalue weighted by molar-refractivity contribution is 0.341. The number of fused-ring (bicyclic) bond motifs is 1. The number of hydrogen-bond acceptors (Lipinski definition) is 3. The van der Waals surface area contributed by atoms with Gasteiger partial charge in [-0.2, -0.15) is 11.8 Å². The van der Waals surface area contributed by atoms with Crippen LogP contribution in [0, 0.1) is 0 Å². The summed E-state index contributed by atoms with van der Waals surface area (Å²) in [5.41, 5.74) is 1.22. The van der Waals surface area contributed by atoms with Crippen LogP contribution in [0.5, 0.6) is 5.75 Å². The first-order valence-electron chi connectivity index (χ1n) is 6.58. The van der Waals surface area contributed by atoms with Gasteiger partial charge in [-0.1, -0.05) is 36.4 Å². The fourth-order valence-corrected chi connectivity index (χ4v) is 2.39. The highest BCUT2D eigenvalue weighted by atomic mass is 32.2. The average molecular weight is 275 g/mol. The van der Waals surface area contributed by atoms with Crippen molar-refractivity contribution in [3.05, 3.63) is 42.0 Å². The van der Waals surface area contributed by atoms with E-state index >= 15 is 0 Å². The van der Waals surface area contributed by atoms with Crippen molar-refractivity contribution in [1.29, 1.82) is 0 Å². The van der Waals surface area contributed by atoms with Crippen molar-refractivity contribution >= 4 is 22.5 Å².